The number of carbonyl (C=O) groups excluding carboxylic acids is 8. The molecule has 5 aromatic carbocycles. The molecule has 452 valence electrons. The molecule has 6 amide bonds. The number of hydrogen-bond donors (Lipinski definition) is 2. The van der Waals surface area contributed by atoms with E-state index in [0.717, 1.165) is 42.2 Å². The molecule has 0 spiro atoms. The molecule has 0 saturated carbocycles. The third-order valence-electron chi connectivity index (χ3n) is 17.1. The average molecular weight is 1190 g/mol. The van der Waals surface area contributed by atoms with E-state index in [0.29, 0.717) is 80.8 Å². The number of anilines is 1. The number of benzene rings is 5. The van der Waals surface area contributed by atoms with Crippen LogP contribution in [0.2, 0.25) is 0 Å². The number of hydroxylamine groups is 2. The van der Waals surface area contributed by atoms with Crippen molar-refractivity contribution in [3.63, 3.8) is 0 Å². The number of Topliss-reactive ketones (excluding diaryl/α,β-unsaturated/α-hetero) is 1. The third kappa shape index (κ3) is 13.2. The van der Waals surface area contributed by atoms with Gasteiger partial charge in [-0.25, -0.2) is 4.79 Å². The highest BCUT2D eigenvalue weighted by molar-refractivity contribution is 7.87. The fraction of sp³-hybridized carbons (Fsp3) is 0.415. The summed E-state index contributed by atoms with van der Waals surface area (Å²) in [5, 5.41) is 5.04. The van der Waals surface area contributed by atoms with Crippen LogP contribution >= 0.6 is 0 Å². The molecule has 1 saturated heterocycles. The van der Waals surface area contributed by atoms with E-state index in [-0.39, 0.29) is 82.6 Å². The van der Waals surface area contributed by atoms with E-state index in [1.165, 1.54) is 19.6 Å². The molecule has 5 aliphatic heterocycles. The normalized spacial score (nSPS) is 19.5. The highest BCUT2D eigenvalue weighted by Gasteiger charge is 2.46. The van der Waals surface area contributed by atoms with Crippen LogP contribution in [0.4, 0.5) is 5.69 Å². The molecule has 10 rings (SSSR count). The smallest absolute Gasteiger partial charge is 0.333 e. The third-order valence-corrected chi connectivity index (χ3v) is 18.8. The lowest BCUT2D eigenvalue weighted by Crippen LogP contribution is -2.52. The van der Waals surface area contributed by atoms with E-state index in [2.05, 4.69) is 22.8 Å². The molecular formula is C65H71N5O15S. The second-order valence-electron chi connectivity index (χ2n) is 23.2. The lowest BCUT2D eigenvalue weighted by Gasteiger charge is -2.38. The molecule has 5 aliphatic rings. The minimum absolute atomic E-state index is 0.00538. The highest BCUT2D eigenvalue weighted by Crippen LogP contribution is 2.40. The zero-order valence-corrected chi connectivity index (χ0v) is 49.9. The first-order valence-electron chi connectivity index (χ1n) is 29.2. The Kier molecular flexibility index (Phi) is 18.1. The summed E-state index contributed by atoms with van der Waals surface area (Å²) in [6.07, 6.45) is 2.60. The quantitative estimate of drug-likeness (QED) is 0.0408. The van der Waals surface area contributed by atoms with Crippen LogP contribution in [0.3, 0.4) is 0 Å². The Labute approximate surface area is 499 Å². The molecule has 21 heteroatoms. The van der Waals surface area contributed by atoms with Gasteiger partial charge in [0.25, 0.3) is 33.7 Å². The minimum atomic E-state index is -4.14. The van der Waals surface area contributed by atoms with Crippen molar-refractivity contribution < 1.29 is 70.0 Å². The van der Waals surface area contributed by atoms with Gasteiger partial charge < -0.3 is 39.5 Å². The maximum Gasteiger partial charge on any atom is 0.333 e. The lowest BCUT2D eigenvalue weighted by molar-refractivity contribution is -0.198. The SMILES string of the molecule is COc1cc2c(cc1OCc1cc(COc3cc4c(cc3C)C(=O)N3Cc5ccccc5C[C@H]3C(S(=O)(=O)OC)C4)cc(NC(=O)[C@H](C)CC(=O)[C@H](C)NC(=O)CCCCC(=O)ON3C(=O)CC(C)C3=O)c1)CC[C@@H]1Cc3ccccc3CN1C2=O. The Morgan fingerprint density at radius 2 is 1.30 bits per heavy atom. The molecule has 5 heterocycles. The van der Waals surface area contributed by atoms with Crippen LogP contribution in [-0.4, -0.2) is 108 Å². The van der Waals surface area contributed by atoms with Crippen molar-refractivity contribution in [1.82, 2.24) is 20.2 Å². The molecule has 0 bridgehead atoms. The Morgan fingerprint density at radius 3 is 1.97 bits per heavy atom. The summed E-state index contributed by atoms with van der Waals surface area (Å²) in [7, 11) is -1.49. The molecule has 2 unspecified atom stereocenters. The Bertz CT molecular complexity index is 3660. The summed E-state index contributed by atoms with van der Waals surface area (Å²) in [6, 6.07) is 26.7. The molecule has 6 atom stereocenters. The van der Waals surface area contributed by atoms with Crippen molar-refractivity contribution >= 4 is 63.0 Å². The number of hydrogen-bond acceptors (Lipinski definition) is 15. The number of imide groups is 1. The second kappa shape index (κ2) is 25.6. The summed E-state index contributed by atoms with van der Waals surface area (Å²) in [5.41, 5.74) is 8.77. The first-order valence-corrected chi connectivity index (χ1v) is 30.6. The molecule has 0 aromatic heterocycles. The van der Waals surface area contributed by atoms with E-state index in [9.17, 15) is 46.8 Å². The van der Waals surface area contributed by atoms with Gasteiger partial charge in [-0.2, -0.15) is 8.42 Å². The lowest BCUT2D eigenvalue weighted by atomic mass is 9.91. The Hall–Kier alpha value is -8.43. The number of rotatable bonds is 21. The summed E-state index contributed by atoms with van der Waals surface area (Å²) in [4.78, 5) is 114. The van der Waals surface area contributed by atoms with E-state index in [1.54, 1.807) is 49.1 Å². The van der Waals surface area contributed by atoms with Crippen molar-refractivity contribution in [2.45, 2.75) is 148 Å². The van der Waals surface area contributed by atoms with Crippen molar-refractivity contribution in [2.75, 3.05) is 19.5 Å². The van der Waals surface area contributed by atoms with Gasteiger partial charge in [0.1, 0.15) is 24.2 Å². The van der Waals surface area contributed by atoms with E-state index < -0.39 is 74.7 Å². The number of ether oxygens (including phenoxy) is 3. The van der Waals surface area contributed by atoms with Gasteiger partial charge in [0.05, 0.1) is 26.3 Å². The average Bonchev–Trinajstić information content (AvgIpc) is 1.75. The van der Waals surface area contributed by atoms with Gasteiger partial charge >= 0.3 is 5.97 Å². The van der Waals surface area contributed by atoms with Crippen molar-refractivity contribution in [3.8, 4) is 17.2 Å². The number of unbranched alkanes of at least 4 members (excludes halogenated alkanes) is 1. The van der Waals surface area contributed by atoms with Gasteiger partial charge in [-0.15, -0.1) is 5.06 Å². The number of nitrogens with one attached hydrogen (secondary N) is 2. The number of ketones is 1. The fourth-order valence-corrected chi connectivity index (χ4v) is 13.5. The summed E-state index contributed by atoms with van der Waals surface area (Å²) in [6.45, 7) is 7.20. The molecule has 0 aliphatic carbocycles. The number of amides is 6. The van der Waals surface area contributed by atoms with Crippen molar-refractivity contribution in [2.24, 2.45) is 11.8 Å². The molecule has 5 aromatic rings. The van der Waals surface area contributed by atoms with Crippen LogP contribution in [0.25, 0.3) is 0 Å². The first kappa shape index (κ1) is 60.7. The van der Waals surface area contributed by atoms with Gasteiger partial charge in [0.2, 0.25) is 11.8 Å². The van der Waals surface area contributed by atoms with Gasteiger partial charge in [0.15, 0.2) is 17.3 Å². The zero-order chi connectivity index (χ0) is 61.1. The zero-order valence-electron chi connectivity index (χ0n) is 49.1. The largest absolute Gasteiger partial charge is 0.493 e. The molecule has 2 N–H and O–H groups in total. The summed E-state index contributed by atoms with van der Waals surface area (Å²) < 4.78 is 51.5. The predicted octanol–water partition coefficient (Wildman–Crippen LogP) is 7.60. The maximum atomic E-state index is 14.5. The monoisotopic (exact) mass is 1190 g/mol. The molecule has 1 fully saturated rings. The first-order chi connectivity index (χ1) is 41.2. The number of aryl methyl sites for hydroxylation is 2. The minimum Gasteiger partial charge on any atom is -0.493 e. The van der Waals surface area contributed by atoms with Crippen molar-refractivity contribution in [3.05, 3.63) is 152 Å². The fourth-order valence-electron chi connectivity index (χ4n) is 12.2. The van der Waals surface area contributed by atoms with Crippen LogP contribution in [0.15, 0.2) is 91.0 Å². The molecule has 0 radical (unpaired) electrons. The van der Waals surface area contributed by atoms with Crippen LogP contribution < -0.4 is 24.8 Å². The van der Waals surface area contributed by atoms with E-state index in [1.807, 2.05) is 60.4 Å². The maximum absolute atomic E-state index is 14.5. The molecule has 86 heavy (non-hydrogen) atoms. The van der Waals surface area contributed by atoms with Gasteiger partial charge in [-0.05, 0) is 151 Å². The highest BCUT2D eigenvalue weighted by atomic mass is 32.2. The summed E-state index contributed by atoms with van der Waals surface area (Å²) in [5.74, 6) is -3.85. The van der Waals surface area contributed by atoms with Crippen LogP contribution in [0.5, 0.6) is 17.2 Å². The number of fused-ring (bicyclic) bond motifs is 6. The van der Waals surface area contributed by atoms with Crippen LogP contribution in [-0.2, 0) is 99.9 Å². The molecular weight excluding hydrogens is 1120 g/mol. The second-order valence-corrected chi connectivity index (χ2v) is 25.1. The molecule has 20 nitrogen and oxygen atoms in total. The van der Waals surface area contributed by atoms with Gasteiger partial charge in [-0.3, -0.25) is 37.7 Å². The van der Waals surface area contributed by atoms with Crippen LogP contribution in [0, 0.1) is 18.8 Å². The van der Waals surface area contributed by atoms with Gasteiger partial charge in [-0.1, -0.05) is 62.4 Å². The predicted molar refractivity (Wildman–Crippen MR) is 314 cm³/mol. The van der Waals surface area contributed by atoms with Crippen molar-refractivity contribution in [1.29, 1.82) is 0 Å². The number of nitrogens with zero attached hydrogens (tertiary/aromatic N) is 3. The topological polar surface area (TPSA) is 251 Å². The van der Waals surface area contributed by atoms with E-state index in [4.69, 9.17) is 23.2 Å². The number of carbonyl (C=O) groups is 8. The van der Waals surface area contributed by atoms with E-state index >= 15 is 0 Å². The van der Waals surface area contributed by atoms with Gasteiger partial charge in [0, 0.05) is 73.5 Å². The standard InChI is InChI=1S/C65H71N5O15S/c1-37-21-51-48(31-58(86(79,80)82-6)53-28-44-14-8-10-16-47(44)34-69(53)65(51)78)30-55(37)83-35-41-24-42(36-84-57-29-45-19-20-50-27-43-13-7-9-15-46(43)33-68(50)64(77)52(45)32-56(57)81-5)26-49(25-41)67-62(75)38(2)22-54(71)40(4)66-59(72)17-11-12-18-61(74)85-70-60(73)23-39(3)63(70)76/h7-10,13-16,21,24-26,29-30,32,38-40,50,53,58H,11-12,17-20,22-23,27-28,31,33-36H2,1-6H3,(H,66,72)(H,67,75)/t38-,39?,40+,50-,53+,58?/m1/s1. The Morgan fingerprint density at radius 1 is 0.686 bits per heavy atom. The Balaban J connectivity index is 0.840. The number of methoxy groups -OCH3 is 1. The van der Waals surface area contributed by atoms with Crippen LogP contribution in [0.1, 0.15) is 137 Å². The summed E-state index contributed by atoms with van der Waals surface area (Å²) >= 11 is 0.